The van der Waals surface area contributed by atoms with E-state index in [9.17, 15) is 10.1 Å². The van der Waals surface area contributed by atoms with E-state index in [1.54, 1.807) is 49.4 Å². The second-order valence-electron chi connectivity index (χ2n) is 9.66. The second kappa shape index (κ2) is 11.2. The van der Waals surface area contributed by atoms with Gasteiger partial charge in [-0.25, -0.2) is 4.79 Å². The molecule has 0 radical (unpaired) electrons. The Morgan fingerprint density at radius 1 is 1.00 bits per heavy atom. The summed E-state index contributed by atoms with van der Waals surface area (Å²) in [6.07, 6.45) is 0. The fraction of sp³-hybridized carbons (Fsp3) is 0.0909. The molecule has 1 aliphatic rings. The van der Waals surface area contributed by atoms with Gasteiger partial charge >= 0.3 is 5.97 Å². The van der Waals surface area contributed by atoms with Gasteiger partial charge in [0.2, 0.25) is 11.6 Å². The Balaban J connectivity index is 1.28. The number of aryl methyl sites for hydroxylation is 1. The number of nitriles is 1. The summed E-state index contributed by atoms with van der Waals surface area (Å²) >= 11 is 12.3. The zero-order valence-electron chi connectivity index (χ0n) is 22.2. The highest BCUT2D eigenvalue weighted by atomic mass is 35.5. The molecule has 42 heavy (non-hydrogen) atoms. The normalized spacial score (nSPS) is 14.2. The number of esters is 1. The molecule has 0 spiro atoms. The maximum absolute atomic E-state index is 13.0. The molecule has 1 aliphatic heterocycles. The molecule has 0 saturated carbocycles. The van der Waals surface area contributed by atoms with Crippen molar-refractivity contribution in [3.8, 4) is 23.3 Å². The summed E-state index contributed by atoms with van der Waals surface area (Å²) in [6.45, 7) is 2.03. The molecule has 7 nitrogen and oxygen atoms in total. The van der Waals surface area contributed by atoms with Crippen LogP contribution in [0.5, 0.6) is 17.2 Å². The van der Waals surface area contributed by atoms with Crippen LogP contribution in [0.15, 0.2) is 101 Å². The lowest BCUT2D eigenvalue weighted by Gasteiger charge is -2.27. The minimum absolute atomic E-state index is 0.0362. The van der Waals surface area contributed by atoms with Gasteiger partial charge in [-0.05, 0) is 48.9 Å². The van der Waals surface area contributed by atoms with E-state index in [0.717, 1.165) is 16.5 Å². The smallest absolute Gasteiger partial charge is 0.379 e. The molecule has 1 unspecified atom stereocenters. The summed E-state index contributed by atoms with van der Waals surface area (Å²) in [5, 5.41) is 11.9. The number of furan rings is 1. The molecule has 0 aliphatic carbocycles. The van der Waals surface area contributed by atoms with E-state index < -0.39 is 11.9 Å². The highest BCUT2D eigenvalue weighted by Crippen LogP contribution is 2.44. The van der Waals surface area contributed by atoms with Crippen LogP contribution in [0.25, 0.3) is 11.0 Å². The van der Waals surface area contributed by atoms with Crippen LogP contribution in [0.3, 0.4) is 0 Å². The van der Waals surface area contributed by atoms with Crippen LogP contribution in [0.2, 0.25) is 10.0 Å². The number of ether oxygens (including phenoxy) is 3. The van der Waals surface area contributed by atoms with Crippen molar-refractivity contribution in [1.29, 1.82) is 5.26 Å². The lowest BCUT2D eigenvalue weighted by molar-refractivity contribution is 0.0702. The zero-order valence-corrected chi connectivity index (χ0v) is 23.7. The molecule has 208 valence electrons. The van der Waals surface area contributed by atoms with Crippen molar-refractivity contribution in [1.82, 2.24) is 0 Å². The quantitative estimate of drug-likeness (QED) is 0.156. The van der Waals surface area contributed by atoms with Gasteiger partial charge in [-0.2, -0.15) is 5.26 Å². The standard InChI is InChI=1S/C33H22Cl2N2O5/c1-18-24-7-2-3-8-28(24)41-31(18)33(38)40-23-11-12-25-29(15-23)42-32(37)26(16-36)30(25)19-5-4-6-22(13-19)39-17-20-9-10-21(34)14-27(20)35/h2-15,30H,17,37H2,1H3. The number of hydrogen-bond donors (Lipinski definition) is 1. The number of nitrogens with two attached hydrogens (primary N) is 1. The summed E-state index contributed by atoms with van der Waals surface area (Å²) in [5.41, 5.74) is 9.96. The van der Waals surface area contributed by atoms with Crippen LogP contribution in [-0.4, -0.2) is 5.97 Å². The molecule has 0 fully saturated rings. The van der Waals surface area contributed by atoms with Gasteiger partial charge in [0.1, 0.15) is 41.1 Å². The van der Waals surface area contributed by atoms with Crippen molar-refractivity contribution in [3.63, 3.8) is 0 Å². The first kappa shape index (κ1) is 27.3. The zero-order chi connectivity index (χ0) is 29.4. The summed E-state index contributed by atoms with van der Waals surface area (Å²) in [4.78, 5) is 13.0. The monoisotopic (exact) mass is 596 g/mol. The van der Waals surface area contributed by atoms with Crippen molar-refractivity contribution in [2.45, 2.75) is 19.4 Å². The molecular weight excluding hydrogens is 575 g/mol. The van der Waals surface area contributed by atoms with Gasteiger partial charge in [-0.15, -0.1) is 0 Å². The van der Waals surface area contributed by atoms with Crippen LogP contribution < -0.4 is 19.9 Å². The first-order valence-electron chi connectivity index (χ1n) is 12.9. The summed E-state index contributed by atoms with van der Waals surface area (Å²) < 4.78 is 23.2. The predicted molar refractivity (Wildman–Crippen MR) is 159 cm³/mol. The third-order valence-electron chi connectivity index (χ3n) is 7.03. The van der Waals surface area contributed by atoms with E-state index in [2.05, 4.69) is 6.07 Å². The van der Waals surface area contributed by atoms with E-state index in [1.807, 2.05) is 42.5 Å². The van der Waals surface area contributed by atoms with Gasteiger partial charge in [-0.3, -0.25) is 0 Å². The Hall–Kier alpha value is -4.90. The number of benzene rings is 4. The van der Waals surface area contributed by atoms with Gasteiger partial charge in [0, 0.05) is 38.2 Å². The van der Waals surface area contributed by atoms with Crippen LogP contribution in [0, 0.1) is 18.3 Å². The Bertz CT molecular complexity index is 1940. The van der Waals surface area contributed by atoms with Gasteiger partial charge in [0.05, 0.1) is 5.92 Å². The summed E-state index contributed by atoms with van der Waals surface area (Å²) in [5.74, 6) is 0.0900. The van der Waals surface area contributed by atoms with Crippen LogP contribution >= 0.6 is 23.2 Å². The van der Waals surface area contributed by atoms with Gasteiger partial charge < -0.3 is 24.4 Å². The van der Waals surface area contributed by atoms with Crippen molar-refractivity contribution in [3.05, 3.63) is 134 Å². The molecule has 0 saturated heterocycles. The molecule has 9 heteroatoms. The number of allylic oxidation sites excluding steroid dienone is 1. The highest BCUT2D eigenvalue weighted by molar-refractivity contribution is 6.35. The van der Waals surface area contributed by atoms with Crippen LogP contribution in [0.1, 0.15) is 38.7 Å². The lowest BCUT2D eigenvalue weighted by atomic mass is 9.83. The summed E-state index contributed by atoms with van der Waals surface area (Å²) in [7, 11) is 0. The molecule has 1 aromatic heterocycles. The molecule has 2 heterocycles. The van der Waals surface area contributed by atoms with E-state index in [1.165, 1.54) is 0 Å². The van der Waals surface area contributed by atoms with E-state index in [4.69, 9.17) is 47.6 Å². The van der Waals surface area contributed by atoms with Crippen molar-refractivity contribution < 1.29 is 23.4 Å². The topological polar surface area (TPSA) is 108 Å². The average Bonchev–Trinajstić information content (AvgIpc) is 3.32. The number of hydrogen-bond acceptors (Lipinski definition) is 7. The van der Waals surface area contributed by atoms with Gasteiger partial charge in [-0.1, -0.05) is 65.7 Å². The molecule has 2 N–H and O–H groups in total. The van der Waals surface area contributed by atoms with Crippen molar-refractivity contribution in [2.75, 3.05) is 0 Å². The fourth-order valence-corrected chi connectivity index (χ4v) is 5.41. The number of para-hydroxylation sites is 1. The third kappa shape index (κ3) is 5.14. The number of fused-ring (bicyclic) bond motifs is 2. The number of carbonyl (C=O) groups excluding carboxylic acids is 1. The molecule has 4 aromatic carbocycles. The Morgan fingerprint density at radius 2 is 1.83 bits per heavy atom. The molecule has 5 aromatic rings. The van der Waals surface area contributed by atoms with E-state index in [-0.39, 0.29) is 29.6 Å². The molecule has 1 atom stereocenters. The maximum Gasteiger partial charge on any atom is 0.379 e. The molecule has 6 rings (SSSR count). The molecule has 0 amide bonds. The van der Waals surface area contributed by atoms with Crippen LogP contribution in [0.4, 0.5) is 0 Å². The van der Waals surface area contributed by atoms with E-state index >= 15 is 0 Å². The number of halogens is 2. The number of nitrogens with zero attached hydrogens (tertiary/aromatic N) is 1. The minimum Gasteiger partial charge on any atom is -0.489 e. The molecular formula is C33H22Cl2N2O5. The first-order valence-corrected chi connectivity index (χ1v) is 13.7. The fourth-order valence-electron chi connectivity index (χ4n) is 4.95. The predicted octanol–water partition coefficient (Wildman–Crippen LogP) is 8.06. The number of rotatable bonds is 6. The van der Waals surface area contributed by atoms with Gasteiger partial charge in [0.15, 0.2) is 0 Å². The third-order valence-corrected chi connectivity index (χ3v) is 7.62. The lowest BCUT2D eigenvalue weighted by Crippen LogP contribution is -2.21. The minimum atomic E-state index is -0.636. The SMILES string of the molecule is Cc1c(C(=O)Oc2ccc3c(c2)OC(N)=C(C#N)C3c2cccc(OCc3ccc(Cl)cc3Cl)c2)oc2ccccc12. The first-order chi connectivity index (χ1) is 20.3. The maximum atomic E-state index is 13.0. The summed E-state index contributed by atoms with van der Waals surface area (Å²) in [6, 6.07) is 27.1. The molecule has 0 bridgehead atoms. The van der Waals surface area contributed by atoms with Crippen molar-refractivity contribution in [2.24, 2.45) is 5.73 Å². The Kier molecular flexibility index (Phi) is 7.26. The van der Waals surface area contributed by atoms with Crippen molar-refractivity contribution >= 4 is 40.1 Å². The average molecular weight is 597 g/mol. The van der Waals surface area contributed by atoms with E-state index in [0.29, 0.717) is 38.3 Å². The Morgan fingerprint density at radius 3 is 2.62 bits per heavy atom. The largest absolute Gasteiger partial charge is 0.489 e. The Labute approximate surface area is 251 Å². The second-order valence-corrected chi connectivity index (χ2v) is 10.5. The number of carbonyl (C=O) groups is 1. The highest BCUT2D eigenvalue weighted by Gasteiger charge is 2.31. The van der Waals surface area contributed by atoms with Gasteiger partial charge in [0.25, 0.3) is 0 Å². The van der Waals surface area contributed by atoms with Crippen LogP contribution in [-0.2, 0) is 6.61 Å².